The Morgan fingerprint density at radius 2 is 1.79 bits per heavy atom. The first-order chi connectivity index (χ1) is 15.9. The third kappa shape index (κ3) is 4.81. The van der Waals surface area contributed by atoms with Crippen LogP contribution in [0.1, 0.15) is 85.0 Å². The number of carbonyl (C=O) groups excluding carboxylic acids is 1. The number of amides is 1. The molecule has 0 spiro atoms. The van der Waals surface area contributed by atoms with Crippen molar-refractivity contribution in [2.75, 3.05) is 12.3 Å². The minimum absolute atomic E-state index is 0.0756. The van der Waals surface area contributed by atoms with Gasteiger partial charge < -0.3 is 15.5 Å². The smallest absolute Gasteiger partial charge is 0.266 e. The lowest BCUT2D eigenvalue weighted by molar-refractivity contribution is -0.174. The first-order valence-electron chi connectivity index (χ1n) is 13.4. The molecule has 34 heavy (non-hydrogen) atoms. The highest BCUT2D eigenvalue weighted by atomic mass is 32.2. The average molecular weight is 500 g/mol. The van der Waals surface area contributed by atoms with E-state index >= 15 is 0 Å². The molecule has 0 aromatic rings. The van der Waals surface area contributed by atoms with E-state index in [-0.39, 0.29) is 35.5 Å². The molecular formula is C26H45NO6S. The Hall–Kier alpha value is -0.700. The Labute approximate surface area is 205 Å². The predicted octanol–water partition coefficient (Wildman–Crippen LogP) is 3.40. The summed E-state index contributed by atoms with van der Waals surface area (Å²) in [5.41, 5.74) is 0.105. The number of rotatable bonds is 7. The molecule has 0 unspecified atom stereocenters. The van der Waals surface area contributed by atoms with Crippen molar-refractivity contribution in [2.45, 2.75) is 97.2 Å². The molecule has 4 saturated carbocycles. The Kier molecular flexibility index (Phi) is 7.47. The number of hydrogen-bond donors (Lipinski definition) is 4. The maximum absolute atomic E-state index is 12.2. The number of fused-ring (bicyclic) bond motifs is 5. The first kappa shape index (κ1) is 26.4. The monoisotopic (exact) mass is 499 g/mol. The summed E-state index contributed by atoms with van der Waals surface area (Å²) < 4.78 is 30.5. The van der Waals surface area contributed by atoms with Crippen LogP contribution in [0.4, 0.5) is 0 Å². The van der Waals surface area contributed by atoms with E-state index in [9.17, 15) is 23.4 Å². The largest absolute Gasteiger partial charge is 0.393 e. The van der Waals surface area contributed by atoms with Gasteiger partial charge in [0.25, 0.3) is 10.1 Å². The van der Waals surface area contributed by atoms with Crippen LogP contribution in [0, 0.1) is 46.3 Å². The summed E-state index contributed by atoms with van der Waals surface area (Å²) in [5.74, 6) is 2.28. The Balaban J connectivity index is 1.40. The molecule has 0 aromatic carbocycles. The average Bonchev–Trinajstić information content (AvgIpc) is 3.11. The van der Waals surface area contributed by atoms with Crippen LogP contribution in [0.15, 0.2) is 0 Å². The van der Waals surface area contributed by atoms with Crippen molar-refractivity contribution in [3.63, 3.8) is 0 Å². The fourth-order valence-corrected chi connectivity index (χ4v) is 9.49. The first-order valence-corrected chi connectivity index (χ1v) is 15.0. The Bertz CT molecular complexity index is 863. The van der Waals surface area contributed by atoms with Gasteiger partial charge in [-0.3, -0.25) is 9.35 Å². The lowest BCUT2D eigenvalue weighted by atomic mass is 9.43. The SMILES string of the molecule is C[C@H](CCC(=O)NCCS(=O)(=O)O)[C@@H]1CC[C@H]2[C@@H]3CC[C@@H]4C[C@@H](O)CC[C@]4(C)[C@H]3C[C@@H](O)[C@@]21C. The normalized spacial score (nSPS) is 45.1. The van der Waals surface area contributed by atoms with E-state index < -0.39 is 15.9 Å². The van der Waals surface area contributed by atoms with Gasteiger partial charge in [-0.15, -0.1) is 0 Å². The molecule has 4 aliphatic rings. The highest BCUT2D eigenvalue weighted by Gasteiger charge is 2.63. The molecule has 8 heteroatoms. The van der Waals surface area contributed by atoms with Crippen molar-refractivity contribution < 1.29 is 28.0 Å². The van der Waals surface area contributed by atoms with Crippen LogP contribution >= 0.6 is 0 Å². The maximum Gasteiger partial charge on any atom is 0.266 e. The summed E-state index contributed by atoms with van der Waals surface area (Å²) in [6.45, 7) is 6.86. The number of aliphatic hydroxyl groups is 2. The van der Waals surface area contributed by atoms with Gasteiger partial charge in [0.15, 0.2) is 0 Å². The number of carbonyl (C=O) groups is 1. The number of hydrogen-bond acceptors (Lipinski definition) is 5. The summed E-state index contributed by atoms with van der Waals surface area (Å²) in [6, 6.07) is 0. The van der Waals surface area contributed by atoms with Crippen LogP contribution in [0.2, 0.25) is 0 Å². The fraction of sp³-hybridized carbons (Fsp3) is 0.962. The molecule has 4 fully saturated rings. The van der Waals surface area contributed by atoms with E-state index in [0.29, 0.717) is 48.3 Å². The quantitative estimate of drug-likeness (QED) is 0.398. The zero-order valence-electron chi connectivity index (χ0n) is 21.1. The van der Waals surface area contributed by atoms with E-state index in [1.165, 1.54) is 12.8 Å². The molecule has 196 valence electrons. The molecule has 4 rings (SSSR count). The Morgan fingerprint density at radius 3 is 2.50 bits per heavy atom. The van der Waals surface area contributed by atoms with E-state index in [4.69, 9.17) is 4.55 Å². The minimum atomic E-state index is -4.07. The van der Waals surface area contributed by atoms with Gasteiger partial charge in [0.05, 0.1) is 18.0 Å². The van der Waals surface area contributed by atoms with Crippen LogP contribution in [0.3, 0.4) is 0 Å². The molecule has 0 bridgehead atoms. The summed E-state index contributed by atoms with van der Waals surface area (Å²) in [7, 11) is -4.07. The fourth-order valence-electron chi connectivity index (χ4n) is 9.13. The van der Waals surface area contributed by atoms with Gasteiger partial charge in [-0.25, -0.2) is 0 Å². The summed E-state index contributed by atoms with van der Waals surface area (Å²) >= 11 is 0. The van der Waals surface area contributed by atoms with Gasteiger partial charge in [0.1, 0.15) is 0 Å². The molecule has 0 radical (unpaired) electrons. The lowest BCUT2D eigenvalue weighted by Gasteiger charge is -2.62. The van der Waals surface area contributed by atoms with Crippen molar-refractivity contribution >= 4 is 16.0 Å². The number of nitrogens with one attached hydrogen (secondary N) is 1. The van der Waals surface area contributed by atoms with E-state index in [2.05, 4.69) is 26.1 Å². The molecule has 4 aliphatic carbocycles. The molecule has 7 nitrogen and oxygen atoms in total. The molecular weight excluding hydrogens is 454 g/mol. The van der Waals surface area contributed by atoms with Crippen LogP contribution in [0.25, 0.3) is 0 Å². The highest BCUT2D eigenvalue weighted by Crippen LogP contribution is 2.68. The second-order valence-electron chi connectivity index (χ2n) is 12.5. The maximum atomic E-state index is 12.2. The molecule has 0 heterocycles. The van der Waals surface area contributed by atoms with Crippen LogP contribution in [0.5, 0.6) is 0 Å². The van der Waals surface area contributed by atoms with Gasteiger partial charge >= 0.3 is 0 Å². The highest BCUT2D eigenvalue weighted by molar-refractivity contribution is 7.85. The standard InChI is InChI=1S/C26H45NO6S/c1-16(4-9-24(30)27-12-13-34(31,32)33)20-7-8-21-19-6-5-17-14-18(28)10-11-25(17,2)22(19)15-23(29)26(20,21)3/h16-23,28-29H,4-15H2,1-3H3,(H,27,30)(H,31,32,33)/t16-,17-,18+,19+,20+,21+,22+,23-,25+,26-/m1/s1. The molecule has 0 aliphatic heterocycles. The van der Waals surface area contributed by atoms with E-state index in [1.54, 1.807) is 0 Å². The molecule has 10 atom stereocenters. The number of aliphatic hydroxyl groups excluding tert-OH is 2. The van der Waals surface area contributed by atoms with Gasteiger partial charge in [-0.1, -0.05) is 20.8 Å². The third-order valence-electron chi connectivity index (χ3n) is 11.0. The zero-order valence-corrected chi connectivity index (χ0v) is 21.9. The molecule has 4 N–H and O–H groups in total. The second-order valence-corrected chi connectivity index (χ2v) is 14.1. The lowest BCUT2D eigenvalue weighted by Crippen LogP contribution is -2.58. The van der Waals surface area contributed by atoms with E-state index in [1.807, 2.05) is 0 Å². The molecule has 0 saturated heterocycles. The predicted molar refractivity (Wildman–Crippen MR) is 130 cm³/mol. The van der Waals surface area contributed by atoms with Crippen molar-refractivity contribution in [1.29, 1.82) is 0 Å². The van der Waals surface area contributed by atoms with Crippen molar-refractivity contribution in [3.05, 3.63) is 0 Å². The Morgan fingerprint density at radius 1 is 1.06 bits per heavy atom. The molecule has 0 aromatic heterocycles. The molecule has 1 amide bonds. The van der Waals surface area contributed by atoms with Gasteiger partial charge in [0.2, 0.25) is 5.91 Å². The summed E-state index contributed by atoms with van der Waals surface area (Å²) in [5, 5.41) is 24.5. The minimum Gasteiger partial charge on any atom is -0.393 e. The van der Waals surface area contributed by atoms with Crippen molar-refractivity contribution in [3.8, 4) is 0 Å². The van der Waals surface area contributed by atoms with Crippen molar-refractivity contribution in [1.82, 2.24) is 5.32 Å². The summed E-state index contributed by atoms with van der Waals surface area (Å²) in [4.78, 5) is 12.2. The van der Waals surface area contributed by atoms with Gasteiger partial charge in [-0.2, -0.15) is 8.42 Å². The van der Waals surface area contributed by atoms with Gasteiger partial charge in [0, 0.05) is 13.0 Å². The second kappa shape index (κ2) is 9.64. The topological polar surface area (TPSA) is 124 Å². The summed E-state index contributed by atoms with van der Waals surface area (Å²) in [6.07, 6.45) is 8.93. The van der Waals surface area contributed by atoms with Crippen LogP contribution < -0.4 is 5.32 Å². The van der Waals surface area contributed by atoms with E-state index in [0.717, 1.165) is 38.5 Å². The van der Waals surface area contributed by atoms with Gasteiger partial charge in [-0.05, 0) is 104 Å². The van der Waals surface area contributed by atoms with Crippen LogP contribution in [-0.2, 0) is 14.9 Å². The third-order valence-corrected chi connectivity index (χ3v) is 11.7. The van der Waals surface area contributed by atoms with Crippen molar-refractivity contribution in [2.24, 2.45) is 46.3 Å². The van der Waals surface area contributed by atoms with Crippen LogP contribution in [-0.4, -0.2) is 53.6 Å². The zero-order chi connectivity index (χ0) is 24.9.